The summed E-state index contributed by atoms with van der Waals surface area (Å²) < 4.78 is 13.0. The van der Waals surface area contributed by atoms with Gasteiger partial charge < -0.3 is 14.5 Å². The summed E-state index contributed by atoms with van der Waals surface area (Å²) in [6.07, 6.45) is 0.745. The molecule has 2 heterocycles. The molecular formula is C24H24ClN3O4S. The van der Waals surface area contributed by atoms with Crippen LogP contribution in [0.3, 0.4) is 0 Å². The molecule has 0 aliphatic rings. The van der Waals surface area contributed by atoms with E-state index in [0.29, 0.717) is 46.5 Å². The van der Waals surface area contributed by atoms with Gasteiger partial charge in [0.2, 0.25) is 11.5 Å². The number of para-hydroxylation sites is 1. The average molecular weight is 486 g/mol. The van der Waals surface area contributed by atoms with Crippen LogP contribution in [0.5, 0.6) is 0 Å². The van der Waals surface area contributed by atoms with E-state index < -0.39 is 0 Å². The highest BCUT2D eigenvalue weighted by atomic mass is 35.5. The lowest BCUT2D eigenvalue weighted by Gasteiger charge is -2.13. The van der Waals surface area contributed by atoms with E-state index in [-0.39, 0.29) is 28.9 Å². The molecule has 33 heavy (non-hydrogen) atoms. The van der Waals surface area contributed by atoms with E-state index in [0.717, 1.165) is 5.39 Å². The molecule has 0 aliphatic heterocycles. The number of hydrogen-bond donors (Lipinski definition) is 1. The first-order valence-electron chi connectivity index (χ1n) is 10.6. The quantitative estimate of drug-likeness (QED) is 0.195. The van der Waals surface area contributed by atoms with Crippen LogP contribution in [0.4, 0.5) is 5.69 Å². The van der Waals surface area contributed by atoms with Crippen LogP contribution in [0.2, 0.25) is 5.02 Å². The molecule has 0 atom stereocenters. The molecule has 172 valence electrons. The molecule has 4 rings (SSSR count). The summed E-state index contributed by atoms with van der Waals surface area (Å²) in [6.45, 7) is 4.85. The molecule has 0 unspecified atom stereocenters. The number of halogens is 1. The highest BCUT2D eigenvalue weighted by Gasteiger charge is 2.18. The first-order valence-corrected chi connectivity index (χ1v) is 12.0. The van der Waals surface area contributed by atoms with Gasteiger partial charge in [-0.15, -0.1) is 0 Å². The summed E-state index contributed by atoms with van der Waals surface area (Å²) in [6, 6.07) is 14.3. The minimum atomic E-state index is -0.265. The lowest BCUT2D eigenvalue weighted by atomic mass is 10.2. The van der Waals surface area contributed by atoms with Gasteiger partial charge in [0, 0.05) is 29.2 Å². The van der Waals surface area contributed by atoms with Gasteiger partial charge in [-0.25, -0.2) is 4.98 Å². The van der Waals surface area contributed by atoms with Crippen LogP contribution in [0.15, 0.2) is 62.9 Å². The summed E-state index contributed by atoms with van der Waals surface area (Å²) in [5.74, 6) is -0.133. The Labute approximate surface area is 200 Å². The summed E-state index contributed by atoms with van der Waals surface area (Å²) in [7, 11) is 0. The molecule has 0 radical (unpaired) electrons. The number of thioether (sulfide) groups is 1. The largest absolute Gasteiger partial charge is 0.448 e. The molecule has 0 fully saturated rings. The number of furan rings is 1. The van der Waals surface area contributed by atoms with Crippen molar-refractivity contribution in [2.75, 3.05) is 17.7 Å². The van der Waals surface area contributed by atoms with Crippen molar-refractivity contribution >= 4 is 57.0 Å². The summed E-state index contributed by atoms with van der Waals surface area (Å²) in [5, 5.41) is 4.59. The Morgan fingerprint density at radius 3 is 2.85 bits per heavy atom. The Morgan fingerprint density at radius 1 is 1.24 bits per heavy atom. The van der Waals surface area contributed by atoms with Gasteiger partial charge in [-0.2, -0.15) is 0 Å². The fourth-order valence-electron chi connectivity index (χ4n) is 3.40. The Hall–Kier alpha value is -2.81. The number of carbonyl (C=O) groups excluding carboxylic acids is 1. The van der Waals surface area contributed by atoms with Gasteiger partial charge in [0.25, 0.3) is 5.56 Å². The van der Waals surface area contributed by atoms with Gasteiger partial charge in [-0.1, -0.05) is 41.6 Å². The van der Waals surface area contributed by atoms with Gasteiger partial charge in [0.15, 0.2) is 5.16 Å². The van der Waals surface area contributed by atoms with Gasteiger partial charge in [0.05, 0.1) is 11.9 Å². The zero-order chi connectivity index (χ0) is 23.4. The van der Waals surface area contributed by atoms with Crippen molar-refractivity contribution in [1.29, 1.82) is 0 Å². The van der Waals surface area contributed by atoms with Crippen molar-refractivity contribution in [2.45, 2.75) is 38.1 Å². The monoisotopic (exact) mass is 485 g/mol. The molecule has 7 nitrogen and oxygen atoms in total. The molecule has 1 amide bonds. The van der Waals surface area contributed by atoms with E-state index in [1.807, 2.05) is 38.1 Å². The third kappa shape index (κ3) is 5.58. The number of hydrogen-bond acceptors (Lipinski definition) is 6. The van der Waals surface area contributed by atoms with Gasteiger partial charge in [-0.05, 0) is 50.6 Å². The van der Waals surface area contributed by atoms with Crippen LogP contribution >= 0.6 is 23.4 Å². The van der Waals surface area contributed by atoms with Crippen LogP contribution in [-0.2, 0) is 16.1 Å². The molecule has 2 aromatic carbocycles. The second kappa shape index (κ2) is 10.4. The van der Waals surface area contributed by atoms with Crippen molar-refractivity contribution in [3.05, 3.63) is 63.9 Å². The number of rotatable bonds is 9. The van der Waals surface area contributed by atoms with E-state index in [1.165, 1.54) is 11.8 Å². The van der Waals surface area contributed by atoms with Gasteiger partial charge >= 0.3 is 0 Å². The number of amides is 1. The fraction of sp³-hybridized carbons (Fsp3) is 0.292. The van der Waals surface area contributed by atoms with E-state index in [1.54, 1.807) is 28.8 Å². The van der Waals surface area contributed by atoms with Gasteiger partial charge in [0.1, 0.15) is 11.1 Å². The number of nitrogens with one attached hydrogen (secondary N) is 1. The molecule has 1 N–H and O–H groups in total. The topological polar surface area (TPSA) is 86.4 Å². The minimum absolute atomic E-state index is 0.0860. The van der Waals surface area contributed by atoms with Crippen molar-refractivity contribution < 1.29 is 13.9 Å². The number of ether oxygens (including phenoxy) is 1. The molecule has 2 aromatic heterocycles. The summed E-state index contributed by atoms with van der Waals surface area (Å²) in [4.78, 5) is 30.5. The normalized spacial score (nSPS) is 11.5. The Morgan fingerprint density at radius 2 is 2.06 bits per heavy atom. The van der Waals surface area contributed by atoms with Crippen molar-refractivity contribution in [3.63, 3.8) is 0 Å². The number of anilines is 1. The van der Waals surface area contributed by atoms with Crippen molar-refractivity contribution in [1.82, 2.24) is 9.55 Å². The highest BCUT2D eigenvalue weighted by Crippen LogP contribution is 2.27. The highest BCUT2D eigenvalue weighted by molar-refractivity contribution is 7.99. The lowest BCUT2D eigenvalue weighted by molar-refractivity contribution is -0.113. The molecule has 0 spiro atoms. The van der Waals surface area contributed by atoms with Crippen LogP contribution in [0.25, 0.3) is 22.1 Å². The standard InChI is InChI=1S/C24H24ClN3O4S/c1-15(2)31-12-6-11-28-23(30)22-21(18-9-3-4-10-19(18)32-22)27-24(28)33-14-20(29)26-17-8-5-7-16(25)13-17/h3-5,7-10,13,15H,6,11-12,14H2,1-2H3,(H,26,29). The third-order valence-electron chi connectivity index (χ3n) is 4.87. The average Bonchev–Trinajstić information content (AvgIpc) is 3.15. The summed E-state index contributed by atoms with van der Waals surface area (Å²) in [5.41, 5.74) is 1.67. The molecule has 9 heteroatoms. The second-order valence-corrected chi connectivity index (χ2v) is 9.13. The molecule has 0 saturated carbocycles. The lowest BCUT2D eigenvalue weighted by Crippen LogP contribution is -2.24. The molecule has 4 aromatic rings. The predicted molar refractivity (Wildman–Crippen MR) is 132 cm³/mol. The number of aromatic nitrogens is 2. The van der Waals surface area contributed by atoms with E-state index in [4.69, 9.17) is 25.7 Å². The fourth-order valence-corrected chi connectivity index (χ4v) is 4.40. The maximum Gasteiger partial charge on any atom is 0.297 e. The number of nitrogens with zero attached hydrogens (tertiary/aromatic N) is 2. The first-order chi connectivity index (χ1) is 15.9. The zero-order valence-corrected chi connectivity index (χ0v) is 19.9. The maximum absolute atomic E-state index is 13.3. The molecular weight excluding hydrogens is 462 g/mol. The van der Waals surface area contributed by atoms with E-state index in [2.05, 4.69) is 5.32 Å². The minimum Gasteiger partial charge on any atom is -0.448 e. The Bertz CT molecular complexity index is 1350. The molecule has 0 saturated heterocycles. The summed E-state index contributed by atoms with van der Waals surface area (Å²) >= 11 is 7.20. The van der Waals surface area contributed by atoms with Crippen LogP contribution in [0.1, 0.15) is 20.3 Å². The zero-order valence-electron chi connectivity index (χ0n) is 18.3. The first kappa shape index (κ1) is 23.4. The van der Waals surface area contributed by atoms with Gasteiger partial charge in [-0.3, -0.25) is 14.2 Å². The van der Waals surface area contributed by atoms with Crippen molar-refractivity contribution in [3.8, 4) is 0 Å². The van der Waals surface area contributed by atoms with E-state index in [9.17, 15) is 9.59 Å². The SMILES string of the molecule is CC(C)OCCCn1c(SCC(=O)Nc2cccc(Cl)c2)nc2c(oc3ccccc32)c1=O. The predicted octanol–water partition coefficient (Wildman–Crippen LogP) is 5.34. The van der Waals surface area contributed by atoms with Crippen molar-refractivity contribution in [2.24, 2.45) is 0 Å². The third-order valence-corrected chi connectivity index (χ3v) is 6.08. The molecule has 0 aliphatic carbocycles. The number of fused-ring (bicyclic) bond motifs is 3. The number of carbonyl (C=O) groups is 1. The Kier molecular flexibility index (Phi) is 7.37. The maximum atomic E-state index is 13.3. The van der Waals surface area contributed by atoms with Crippen LogP contribution < -0.4 is 10.9 Å². The molecule has 0 bridgehead atoms. The second-order valence-electron chi connectivity index (χ2n) is 7.75. The van der Waals surface area contributed by atoms with Crippen LogP contribution in [0, 0.1) is 0 Å². The Balaban J connectivity index is 1.60. The smallest absolute Gasteiger partial charge is 0.297 e. The van der Waals surface area contributed by atoms with E-state index >= 15 is 0 Å². The number of benzene rings is 2. The van der Waals surface area contributed by atoms with Crippen LogP contribution in [-0.4, -0.2) is 33.9 Å².